The summed E-state index contributed by atoms with van der Waals surface area (Å²) in [7, 11) is -10.0. The normalized spacial score (nSPS) is 17.0. The highest BCUT2D eigenvalue weighted by atomic mass is 35.5. The quantitative estimate of drug-likeness (QED) is 0.0297. The van der Waals surface area contributed by atoms with E-state index in [0.29, 0.717) is 17.2 Å². The number of fused-ring (bicyclic) bond motifs is 4. The van der Waals surface area contributed by atoms with Crippen molar-refractivity contribution in [3.63, 3.8) is 0 Å². The molecule has 0 aliphatic heterocycles. The molecule has 1 saturated carbocycles. The van der Waals surface area contributed by atoms with Gasteiger partial charge in [0, 0.05) is 59.0 Å². The van der Waals surface area contributed by atoms with Crippen molar-refractivity contribution in [3.8, 4) is 11.1 Å². The van der Waals surface area contributed by atoms with Crippen molar-refractivity contribution >= 4 is 63.9 Å². The molecule has 434 valence electrons. The number of benzene rings is 3. The molecule has 0 radical (unpaired) electrons. The Morgan fingerprint density at radius 1 is 0.938 bits per heavy atom. The van der Waals surface area contributed by atoms with Gasteiger partial charge in [0.05, 0.1) is 28.0 Å². The molecule has 5 atom stereocenters. The molecule has 32 heteroatoms. The number of carbonyl (C=O) groups is 4. The van der Waals surface area contributed by atoms with E-state index in [1.807, 2.05) is 0 Å². The zero-order valence-electron chi connectivity index (χ0n) is 41.7. The number of Topliss-reactive ketones (excluding diaryl/α,β-unsaturated/α-hetero) is 1. The average Bonchev–Trinajstić information content (AvgIpc) is 1.87. The molecule has 0 bridgehead atoms. The van der Waals surface area contributed by atoms with Gasteiger partial charge in [0.25, 0.3) is 5.92 Å². The number of carboxylic acid groups (broad SMARTS) is 1. The number of nitrogens with zero attached hydrogens (tertiary/aromatic N) is 6. The maximum atomic E-state index is 15.6. The van der Waals surface area contributed by atoms with E-state index in [-0.39, 0.29) is 49.4 Å². The van der Waals surface area contributed by atoms with E-state index in [9.17, 15) is 72.4 Å². The fourth-order valence-electron chi connectivity index (χ4n) is 10.0. The fourth-order valence-corrected chi connectivity index (χ4v) is 11.6. The molecule has 81 heavy (non-hydrogen) atoms. The van der Waals surface area contributed by atoms with Crippen LogP contribution in [0.15, 0.2) is 72.8 Å². The Morgan fingerprint density at radius 3 is 2.20 bits per heavy atom. The number of rotatable bonds is 21. The lowest BCUT2D eigenvalue weighted by molar-refractivity contribution is -0.143. The van der Waals surface area contributed by atoms with Crippen LogP contribution >= 0.6 is 19.4 Å². The second-order valence-electron chi connectivity index (χ2n) is 19.1. The number of carbonyl (C=O) groups excluding carboxylic acids is 3. The summed E-state index contributed by atoms with van der Waals surface area (Å²) in [6.07, 6.45) is -13.8. The van der Waals surface area contributed by atoms with E-state index >= 15 is 8.78 Å². The summed E-state index contributed by atoms with van der Waals surface area (Å²) in [5, 5.41) is 16.5. The Balaban J connectivity index is 1.20. The molecule has 19 nitrogen and oxygen atoms in total. The van der Waals surface area contributed by atoms with Crippen molar-refractivity contribution in [2.24, 2.45) is 5.92 Å². The zero-order chi connectivity index (χ0) is 59.5. The Morgan fingerprint density at radius 2 is 1.59 bits per heavy atom. The van der Waals surface area contributed by atoms with Gasteiger partial charge in [-0.05, 0) is 67.5 Å². The molecule has 2 aliphatic rings. The van der Waals surface area contributed by atoms with Crippen molar-refractivity contribution in [2.45, 2.75) is 87.2 Å². The number of amides is 2. The van der Waals surface area contributed by atoms with Crippen LogP contribution in [-0.2, 0) is 69.7 Å². The summed E-state index contributed by atoms with van der Waals surface area (Å²) >= 11 is 6.70. The number of hydrogen-bond acceptors (Lipinski definition) is 12. The first-order valence-corrected chi connectivity index (χ1v) is 27.7. The number of alkyl halides is 8. The van der Waals surface area contributed by atoms with E-state index < -0.39 is 185 Å². The first-order valence-electron chi connectivity index (χ1n) is 23.8. The molecule has 2 unspecified atom stereocenters. The third kappa shape index (κ3) is 13.2. The summed E-state index contributed by atoms with van der Waals surface area (Å²) in [5.41, 5.74) is -6.02. The van der Waals surface area contributed by atoms with E-state index in [4.69, 9.17) is 26.1 Å². The summed E-state index contributed by atoms with van der Waals surface area (Å²) < 4.78 is 195. The highest BCUT2D eigenvalue weighted by molar-refractivity contribution is 7.91. The molecule has 6 aromatic rings. The molecule has 3 aromatic carbocycles. The molecule has 3 heterocycles. The smallest absolute Gasteiger partial charge is 0.472 e. The van der Waals surface area contributed by atoms with Crippen LogP contribution < -0.4 is 5.32 Å². The number of phosphoric ester groups is 1. The molecular formula is C49H43ClF10N7O12PS. The van der Waals surface area contributed by atoms with Gasteiger partial charge in [-0.15, -0.1) is 0 Å². The summed E-state index contributed by atoms with van der Waals surface area (Å²) in [6.45, 7) is -4.02. The van der Waals surface area contributed by atoms with Gasteiger partial charge in [-0.25, -0.2) is 35.9 Å². The number of ether oxygens (including phenoxy) is 1. The number of aryl methyl sites for hydroxylation is 1. The summed E-state index contributed by atoms with van der Waals surface area (Å²) in [5.74, 6) is -13.0. The standard InChI is InChI=1S/C49H43ClF10N7O12PS/c1-23-10-11-28(38(61-23)33(17-24-15-26(51)18-27(52)16-24)62-35(69)20-66-44-36(43(64-66)49(58,59)60)30-19-31(30)48(44,56)57)29-12-13-32(50)37-39(63-67(41(29)37)21-47(53,54)55)42(81(2,76)77)34(68)9-6-14-65(46(72)78-22-79-80(73,74)75)40(45(70)71)25-7-4-3-5-8-25/h3-5,7-8,10-13,15-16,18,30-31,33,40,42H,6,9,14,17,19-22H2,1-2H3,(H,62,69)(H,70,71)(H2,73,74,75)/t30-,31?,33-,40+,42?/m0/s1. The van der Waals surface area contributed by atoms with Gasteiger partial charge >= 0.3 is 32.2 Å². The third-order valence-electron chi connectivity index (χ3n) is 13.2. The lowest BCUT2D eigenvalue weighted by atomic mass is 9.93. The lowest BCUT2D eigenvalue weighted by Crippen LogP contribution is -2.40. The predicted molar refractivity (Wildman–Crippen MR) is 262 cm³/mol. The number of hydrogen-bond donors (Lipinski definition) is 4. The molecule has 2 aliphatic carbocycles. The maximum Gasteiger partial charge on any atom is 0.472 e. The second kappa shape index (κ2) is 22.4. The van der Waals surface area contributed by atoms with Crippen LogP contribution in [0.25, 0.3) is 22.0 Å². The lowest BCUT2D eigenvalue weighted by Gasteiger charge is -2.28. The second-order valence-corrected chi connectivity index (χ2v) is 22.9. The SMILES string of the molecule is Cc1ccc(-c2ccc(Cl)c3c(C(C(=O)CCCN(C(=O)OCOP(=O)(O)O)[C@@H](C(=O)O)c4ccccc4)S(C)(=O)=O)nn(CC(F)(F)F)c23)c([C@H](Cc2cc(F)cc(F)c2)NC(=O)Cn2nc(C(F)(F)F)c3c2C(F)(F)C2C[C@H]32)n1. The highest BCUT2D eigenvalue weighted by Crippen LogP contribution is 2.68. The monoisotopic (exact) mass is 1210 g/mol. The minimum Gasteiger partial charge on any atom is -0.479 e. The Hall–Kier alpha value is -6.98. The number of phosphoric acid groups is 1. The van der Waals surface area contributed by atoms with Gasteiger partial charge < -0.3 is 24.9 Å². The maximum absolute atomic E-state index is 15.6. The van der Waals surface area contributed by atoms with Crippen LogP contribution in [0, 0.1) is 24.5 Å². The molecule has 2 amide bonds. The van der Waals surface area contributed by atoms with E-state index in [2.05, 4.69) is 25.0 Å². The van der Waals surface area contributed by atoms with Gasteiger partial charge in [-0.1, -0.05) is 54.1 Å². The minimum atomic E-state index is -5.23. The predicted octanol–water partition coefficient (Wildman–Crippen LogP) is 9.19. The number of ketones is 1. The Labute approximate surface area is 455 Å². The molecule has 1 fully saturated rings. The van der Waals surface area contributed by atoms with E-state index in [0.717, 1.165) is 24.3 Å². The molecule has 0 spiro atoms. The Kier molecular flexibility index (Phi) is 16.6. The molecular weight excluding hydrogens is 1170 g/mol. The van der Waals surface area contributed by atoms with Gasteiger partial charge in [-0.2, -0.15) is 45.3 Å². The van der Waals surface area contributed by atoms with E-state index in [1.165, 1.54) is 49.4 Å². The first-order chi connectivity index (χ1) is 37.6. The number of carboxylic acids is 1. The van der Waals surface area contributed by atoms with Crippen LogP contribution in [0.2, 0.25) is 5.02 Å². The third-order valence-corrected chi connectivity index (χ3v) is 15.3. The van der Waals surface area contributed by atoms with Crippen LogP contribution in [0.1, 0.15) is 87.7 Å². The molecule has 4 N–H and O–H groups in total. The van der Waals surface area contributed by atoms with Crippen molar-refractivity contribution < 1.29 is 100 Å². The average molecular weight is 1210 g/mol. The number of pyridine rings is 1. The van der Waals surface area contributed by atoms with Crippen molar-refractivity contribution in [3.05, 3.63) is 135 Å². The number of halogens is 11. The van der Waals surface area contributed by atoms with Gasteiger partial charge in [0.2, 0.25) is 12.7 Å². The fraction of sp³-hybridized carbons (Fsp3) is 0.367. The van der Waals surface area contributed by atoms with Gasteiger partial charge in [0.1, 0.15) is 30.4 Å². The van der Waals surface area contributed by atoms with Gasteiger partial charge in [-0.3, -0.25) is 28.8 Å². The van der Waals surface area contributed by atoms with Crippen LogP contribution in [0.4, 0.5) is 48.7 Å². The number of aromatic nitrogens is 5. The van der Waals surface area contributed by atoms with Crippen molar-refractivity contribution in [1.29, 1.82) is 0 Å². The number of sulfone groups is 1. The van der Waals surface area contributed by atoms with Crippen LogP contribution in [-0.4, -0.2) is 102 Å². The molecule has 0 saturated heterocycles. The molecule has 8 rings (SSSR count). The summed E-state index contributed by atoms with van der Waals surface area (Å²) in [4.78, 5) is 77.5. The topological polar surface area (TPSA) is 262 Å². The van der Waals surface area contributed by atoms with Crippen molar-refractivity contribution in [1.82, 2.24) is 34.8 Å². The largest absolute Gasteiger partial charge is 0.479 e. The summed E-state index contributed by atoms with van der Waals surface area (Å²) in [6, 6.07) is 10.2. The Bertz CT molecular complexity index is 3620. The van der Waals surface area contributed by atoms with Gasteiger partial charge in [0.15, 0.2) is 32.6 Å². The first kappa shape index (κ1) is 60.1. The number of aliphatic carboxylic acids is 1. The zero-order valence-corrected chi connectivity index (χ0v) is 44.2. The van der Waals surface area contributed by atoms with Crippen LogP contribution in [0.3, 0.4) is 0 Å². The van der Waals surface area contributed by atoms with Crippen LogP contribution in [0.5, 0.6) is 0 Å². The van der Waals surface area contributed by atoms with E-state index in [1.54, 1.807) is 0 Å². The number of nitrogens with one attached hydrogen (secondary N) is 1. The van der Waals surface area contributed by atoms with Crippen molar-refractivity contribution in [2.75, 3.05) is 19.6 Å². The minimum absolute atomic E-state index is 0.0442. The highest BCUT2D eigenvalue weighted by Gasteiger charge is 2.68. The molecule has 3 aromatic heterocycles.